The Morgan fingerprint density at radius 3 is 2.47 bits per heavy atom. The number of esters is 1. The summed E-state index contributed by atoms with van der Waals surface area (Å²) in [5, 5.41) is 0. The zero-order valence-corrected chi connectivity index (χ0v) is 10.5. The number of aryl methyl sites for hydroxylation is 1. The van der Waals surface area contributed by atoms with Gasteiger partial charge in [-0.2, -0.15) is 0 Å². The number of carbonyl (C=O) groups is 1. The highest BCUT2D eigenvalue weighted by atomic mass is 19.1. The Kier molecular flexibility index (Phi) is 3.92. The van der Waals surface area contributed by atoms with E-state index in [-0.39, 0.29) is 5.82 Å². The third-order valence-electron chi connectivity index (χ3n) is 2.77. The molecule has 0 atom stereocenters. The van der Waals surface area contributed by atoms with Crippen molar-refractivity contribution in [3.63, 3.8) is 0 Å². The number of halogens is 1. The summed E-state index contributed by atoms with van der Waals surface area (Å²) < 4.78 is 18.3. The summed E-state index contributed by atoms with van der Waals surface area (Å²) in [5.41, 5.74) is 7.28. The second kappa shape index (κ2) is 5.63. The lowest BCUT2D eigenvalue weighted by molar-refractivity contribution is 0.0734. The monoisotopic (exact) mass is 259 g/mol. The Balaban J connectivity index is 2.13. The van der Waals surface area contributed by atoms with E-state index in [1.54, 1.807) is 31.2 Å². The number of ether oxygens (including phenoxy) is 1. The fraction of sp³-hybridized carbons (Fsp3) is 0.133. The molecule has 0 heterocycles. The molecule has 2 aromatic carbocycles. The van der Waals surface area contributed by atoms with Gasteiger partial charge in [-0.3, -0.25) is 0 Å². The van der Waals surface area contributed by atoms with E-state index in [0.29, 0.717) is 23.4 Å². The fourth-order valence-corrected chi connectivity index (χ4v) is 1.62. The number of hydrogen-bond acceptors (Lipinski definition) is 3. The zero-order chi connectivity index (χ0) is 13.8. The third kappa shape index (κ3) is 3.17. The van der Waals surface area contributed by atoms with E-state index >= 15 is 0 Å². The standard InChI is InChI=1S/C15H14FNO2/c1-10-8-13(6-7-14(10)16)19-15(18)12-4-2-11(9-17)3-5-12/h2-8H,9,17H2,1H3. The second-order valence-corrected chi connectivity index (χ2v) is 4.20. The van der Waals surface area contributed by atoms with Crippen LogP contribution in [-0.2, 0) is 6.54 Å². The van der Waals surface area contributed by atoms with Gasteiger partial charge in [0.1, 0.15) is 11.6 Å². The van der Waals surface area contributed by atoms with Crippen LogP contribution in [0.2, 0.25) is 0 Å². The lowest BCUT2D eigenvalue weighted by Gasteiger charge is -2.06. The van der Waals surface area contributed by atoms with E-state index in [9.17, 15) is 9.18 Å². The molecule has 98 valence electrons. The smallest absolute Gasteiger partial charge is 0.343 e. The number of rotatable bonds is 3. The predicted molar refractivity (Wildman–Crippen MR) is 70.4 cm³/mol. The molecule has 0 bridgehead atoms. The van der Waals surface area contributed by atoms with Crippen LogP contribution in [0, 0.1) is 12.7 Å². The molecular weight excluding hydrogens is 245 g/mol. The molecule has 0 spiro atoms. The van der Waals surface area contributed by atoms with Crippen LogP contribution in [0.4, 0.5) is 4.39 Å². The summed E-state index contributed by atoms with van der Waals surface area (Å²) in [5.74, 6) is -0.478. The summed E-state index contributed by atoms with van der Waals surface area (Å²) in [4.78, 5) is 11.9. The molecule has 0 saturated carbocycles. The van der Waals surface area contributed by atoms with Crippen LogP contribution in [0.15, 0.2) is 42.5 Å². The summed E-state index contributed by atoms with van der Waals surface area (Å²) >= 11 is 0. The summed E-state index contributed by atoms with van der Waals surface area (Å²) in [7, 11) is 0. The molecule has 2 rings (SSSR count). The Morgan fingerprint density at radius 2 is 1.89 bits per heavy atom. The van der Waals surface area contributed by atoms with Gasteiger partial charge in [0, 0.05) is 6.54 Å². The SMILES string of the molecule is Cc1cc(OC(=O)c2ccc(CN)cc2)ccc1F. The van der Waals surface area contributed by atoms with Gasteiger partial charge in [0.15, 0.2) is 0 Å². The Labute approximate surface area is 110 Å². The van der Waals surface area contributed by atoms with Crippen LogP contribution in [0.25, 0.3) is 0 Å². The number of carbonyl (C=O) groups excluding carboxylic acids is 1. The van der Waals surface area contributed by atoms with Gasteiger partial charge in [-0.15, -0.1) is 0 Å². The summed E-state index contributed by atoms with van der Waals surface area (Å²) in [6.07, 6.45) is 0. The largest absolute Gasteiger partial charge is 0.423 e. The van der Waals surface area contributed by atoms with Crippen molar-refractivity contribution in [2.45, 2.75) is 13.5 Å². The minimum absolute atomic E-state index is 0.326. The highest BCUT2D eigenvalue weighted by Crippen LogP contribution is 2.17. The molecule has 0 aromatic heterocycles. The van der Waals surface area contributed by atoms with Crippen molar-refractivity contribution < 1.29 is 13.9 Å². The van der Waals surface area contributed by atoms with Crippen LogP contribution in [-0.4, -0.2) is 5.97 Å². The van der Waals surface area contributed by atoms with E-state index < -0.39 is 5.97 Å². The first-order chi connectivity index (χ1) is 9.10. The Hall–Kier alpha value is -2.20. The van der Waals surface area contributed by atoms with E-state index in [2.05, 4.69) is 0 Å². The number of hydrogen-bond donors (Lipinski definition) is 1. The Bertz CT molecular complexity index is 594. The van der Waals surface area contributed by atoms with Gasteiger partial charge in [-0.1, -0.05) is 12.1 Å². The first-order valence-electron chi connectivity index (χ1n) is 5.87. The summed E-state index contributed by atoms with van der Waals surface area (Å²) in [6, 6.07) is 11.0. The molecular formula is C15H14FNO2. The van der Waals surface area contributed by atoms with Gasteiger partial charge in [0.2, 0.25) is 0 Å². The zero-order valence-electron chi connectivity index (χ0n) is 10.5. The van der Waals surface area contributed by atoms with Gasteiger partial charge in [-0.25, -0.2) is 9.18 Å². The van der Waals surface area contributed by atoms with Gasteiger partial charge in [-0.05, 0) is 48.4 Å². The first-order valence-corrected chi connectivity index (χ1v) is 5.87. The number of nitrogens with two attached hydrogens (primary N) is 1. The number of benzene rings is 2. The minimum Gasteiger partial charge on any atom is -0.423 e. The van der Waals surface area contributed by atoms with Crippen LogP contribution in [0.3, 0.4) is 0 Å². The van der Waals surface area contributed by atoms with Gasteiger partial charge in [0.05, 0.1) is 5.56 Å². The van der Waals surface area contributed by atoms with Crippen molar-refractivity contribution >= 4 is 5.97 Å². The molecule has 0 aliphatic rings. The molecule has 0 radical (unpaired) electrons. The molecule has 2 N–H and O–H groups in total. The van der Waals surface area contributed by atoms with Crippen LogP contribution in [0.1, 0.15) is 21.5 Å². The summed E-state index contributed by atoms with van der Waals surface area (Å²) in [6.45, 7) is 2.04. The predicted octanol–water partition coefficient (Wildman–Crippen LogP) is 2.81. The molecule has 3 nitrogen and oxygen atoms in total. The van der Waals surface area contributed by atoms with Gasteiger partial charge >= 0.3 is 5.97 Å². The maximum absolute atomic E-state index is 13.1. The van der Waals surface area contributed by atoms with Crippen molar-refractivity contribution in [2.75, 3.05) is 0 Å². The topological polar surface area (TPSA) is 52.3 Å². The highest BCUT2D eigenvalue weighted by Gasteiger charge is 2.09. The fourth-order valence-electron chi connectivity index (χ4n) is 1.62. The van der Waals surface area contributed by atoms with Gasteiger partial charge in [0.25, 0.3) is 0 Å². The van der Waals surface area contributed by atoms with Crippen LogP contribution < -0.4 is 10.5 Å². The lowest BCUT2D eigenvalue weighted by atomic mass is 10.1. The third-order valence-corrected chi connectivity index (χ3v) is 2.77. The quantitative estimate of drug-likeness (QED) is 0.681. The van der Waals surface area contributed by atoms with E-state index in [4.69, 9.17) is 10.5 Å². The lowest BCUT2D eigenvalue weighted by Crippen LogP contribution is -2.09. The molecule has 0 aliphatic heterocycles. The molecule has 0 saturated heterocycles. The van der Waals surface area contributed by atoms with E-state index in [1.165, 1.54) is 18.2 Å². The normalized spacial score (nSPS) is 10.3. The van der Waals surface area contributed by atoms with Crippen molar-refractivity contribution in [3.05, 3.63) is 65.0 Å². The minimum atomic E-state index is -0.477. The first kappa shape index (κ1) is 13.2. The molecule has 0 aliphatic carbocycles. The molecule has 0 unspecified atom stereocenters. The molecule has 0 fully saturated rings. The van der Waals surface area contributed by atoms with Crippen molar-refractivity contribution in [1.29, 1.82) is 0 Å². The van der Waals surface area contributed by atoms with Crippen molar-refractivity contribution in [1.82, 2.24) is 0 Å². The molecule has 2 aromatic rings. The average molecular weight is 259 g/mol. The van der Waals surface area contributed by atoms with Crippen LogP contribution >= 0.6 is 0 Å². The van der Waals surface area contributed by atoms with Crippen molar-refractivity contribution in [2.24, 2.45) is 5.73 Å². The highest BCUT2D eigenvalue weighted by molar-refractivity contribution is 5.91. The average Bonchev–Trinajstić information content (AvgIpc) is 2.43. The van der Waals surface area contributed by atoms with E-state index in [0.717, 1.165) is 5.56 Å². The maximum Gasteiger partial charge on any atom is 0.343 e. The molecule has 19 heavy (non-hydrogen) atoms. The Morgan fingerprint density at radius 1 is 1.21 bits per heavy atom. The van der Waals surface area contributed by atoms with Gasteiger partial charge < -0.3 is 10.5 Å². The second-order valence-electron chi connectivity index (χ2n) is 4.20. The molecule has 4 heteroatoms. The van der Waals surface area contributed by atoms with E-state index in [1.807, 2.05) is 0 Å². The van der Waals surface area contributed by atoms with Crippen molar-refractivity contribution in [3.8, 4) is 5.75 Å². The van der Waals surface area contributed by atoms with Crippen LogP contribution in [0.5, 0.6) is 5.75 Å². The maximum atomic E-state index is 13.1. The molecule has 0 amide bonds.